The van der Waals surface area contributed by atoms with Crippen molar-refractivity contribution in [3.8, 4) is 0 Å². The third kappa shape index (κ3) is 7.34. The summed E-state index contributed by atoms with van der Waals surface area (Å²) in [6, 6.07) is 0.538. The second-order valence-corrected chi connectivity index (χ2v) is 6.91. The maximum absolute atomic E-state index is 5.96. The van der Waals surface area contributed by atoms with Crippen molar-refractivity contribution in [2.24, 2.45) is 5.41 Å². The molecule has 0 amide bonds. The predicted octanol–water partition coefficient (Wildman–Crippen LogP) is 2.98. The molecular weight excluding hydrogens is 226 g/mol. The summed E-state index contributed by atoms with van der Waals surface area (Å²) in [7, 11) is 0. The lowest BCUT2D eigenvalue weighted by molar-refractivity contribution is -0.0189. The van der Waals surface area contributed by atoms with Gasteiger partial charge in [-0.1, -0.05) is 34.6 Å². The summed E-state index contributed by atoms with van der Waals surface area (Å²) < 4.78 is 11.7. The van der Waals surface area contributed by atoms with Crippen LogP contribution in [-0.4, -0.2) is 38.0 Å². The molecule has 18 heavy (non-hydrogen) atoms. The highest BCUT2D eigenvalue weighted by atomic mass is 16.5. The Balaban J connectivity index is 2.04. The molecule has 1 aliphatic heterocycles. The van der Waals surface area contributed by atoms with Gasteiger partial charge in [-0.05, 0) is 24.7 Å². The van der Waals surface area contributed by atoms with E-state index < -0.39 is 0 Å². The van der Waals surface area contributed by atoms with Crippen LogP contribution in [0.5, 0.6) is 0 Å². The fourth-order valence-corrected chi connectivity index (χ4v) is 2.01. The van der Waals surface area contributed by atoms with Crippen LogP contribution in [0.25, 0.3) is 0 Å². The Morgan fingerprint density at radius 1 is 1.22 bits per heavy atom. The quantitative estimate of drug-likeness (QED) is 0.711. The minimum absolute atomic E-state index is 0.309. The highest BCUT2D eigenvalue weighted by Crippen LogP contribution is 2.21. The molecule has 0 saturated carbocycles. The topological polar surface area (TPSA) is 30.5 Å². The first-order valence-corrected chi connectivity index (χ1v) is 7.33. The van der Waals surface area contributed by atoms with E-state index in [1.54, 1.807) is 0 Å². The van der Waals surface area contributed by atoms with Crippen LogP contribution in [0.4, 0.5) is 0 Å². The van der Waals surface area contributed by atoms with Crippen LogP contribution in [0, 0.1) is 5.41 Å². The summed E-state index contributed by atoms with van der Waals surface area (Å²) in [6.45, 7) is 13.6. The summed E-state index contributed by atoms with van der Waals surface area (Å²) in [5, 5.41) is 3.43. The van der Waals surface area contributed by atoms with Gasteiger partial charge in [0.1, 0.15) is 0 Å². The second-order valence-electron chi connectivity index (χ2n) is 6.91. The van der Waals surface area contributed by atoms with Crippen LogP contribution >= 0.6 is 0 Å². The number of nitrogens with one attached hydrogen (secondary N) is 1. The van der Waals surface area contributed by atoms with Gasteiger partial charge in [0.05, 0.1) is 18.8 Å². The van der Waals surface area contributed by atoms with Crippen molar-refractivity contribution in [3.63, 3.8) is 0 Å². The maximum Gasteiger partial charge on any atom is 0.0813 e. The third-order valence-electron chi connectivity index (χ3n) is 3.25. The second kappa shape index (κ2) is 7.46. The Kier molecular flexibility index (Phi) is 6.61. The number of ether oxygens (including phenoxy) is 2. The van der Waals surface area contributed by atoms with Crippen molar-refractivity contribution in [2.45, 2.75) is 72.1 Å². The summed E-state index contributed by atoms with van der Waals surface area (Å²) in [5.41, 5.74) is 0.361. The number of rotatable bonds is 7. The van der Waals surface area contributed by atoms with Crippen molar-refractivity contribution < 1.29 is 9.47 Å². The first kappa shape index (κ1) is 15.9. The highest BCUT2D eigenvalue weighted by Gasteiger charge is 2.25. The van der Waals surface area contributed by atoms with Crippen LogP contribution in [-0.2, 0) is 9.47 Å². The van der Waals surface area contributed by atoms with Crippen LogP contribution in [0.1, 0.15) is 53.9 Å². The first-order valence-electron chi connectivity index (χ1n) is 7.33. The highest BCUT2D eigenvalue weighted by molar-refractivity contribution is 4.75. The van der Waals surface area contributed by atoms with Gasteiger partial charge in [-0.15, -0.1) is 0 Å². The molecule has 0 aliphatic carbocycles. The van der Waals surface area contributed by atoms with Gasteiger partial charge in [0.2, 0.25) is 0 Å². The van der Waals surface area contributed by atoms with Crippen molar-refractivity contribution in [1.29, 1.82) is 0 Å². The van der Waals surface area contributed by atoms with Crippen LogP contribution in [0.15, 0.2) is 0 Å². The van der Waals surface area contributed by atoms with E-state index in [9.17, 15) is 0 Å². The smallest absolute Gasteiger partial charge is 0.0813 e. The van der Waals surface area contributed by atoms with E-state index in [0.29, 0.717) is 23.7 Å². The van der Waals surface area contributed by atoms with E-state index in [4.69, 9.17) is 9.47 Å². The van der Waals surface area contributed by atoms with E-state index in [-0.39, 0.29) is 0 Å². The van der Waals surface area contributed by atoms with E-state index in [1.165, 1.54) is 0 Å². The van der Waals surface area contributed by atoms with Gasteiger partial charge in [0.15, 0.2) is 0 Å². The zero-order valence-electron chi connectivity index (χ0n) is 12.8. The molecule has 108 valence electrons. The van der Waals surface area contributed by atoms with E-state index in [1.807, 2.05) is 0 Å². The normalized spacial score (nSPS) is 25.0. The Morgan fingerprint density at radius 2 is 1.89 bits per heavy atom. The molecule has 0 aromatic heterocycles. The number of hydrogen-bond donors (Lipinski definition) is 1. The molecule has 3 nitrogen and oxygen atoms in total. The lowest BCUT2D eigenvalue weighted by atomic mass is 9.93. The van der Waals surface area contributed by atoms with Crippen molar-refractivity contribution in [3.05, 3.63) is 0 Å². The fourth-order valence-electron chi connectivity index (χ4n) is 2.01. The average Bonchev–Trinajstić information content (AvgIpc) is 2.68. The predicted molar refractivity (Wildman–Crippen MR) is 75.9 cm³/mol. The van der Waals surface area contributed by atoms with Gasteiger partial charge >= 0.3 is 0 Å². The van der Waals surface area contributed by atoms with E-state index in [0.717, 1.165) is 39.0 Å². The molecule has 0 bridgehead atoms. The average molecular weight is 257 g/mol. The summed E-state index contributed by atoms with van der Waals surface area (Å²) in [4.78, 5) is 0. The lowest BCUT2D eigenvalue weighted by Crippen LogP contribution is -2.32. The van der Waals surface area contributed by atoms with Crippen molar-refractivity contribution in [2.75, 3.05) is 19.8 Å². The van der Waals surface area contributed by atoms with Crippen LogP contribution in [0.2, 0.25) is 0 Å². The van der Waals surface area contributed by atoms with Gasteiger partial charge in [-0.25, -0.2) is 0 Å². The zero-order valence-corrected chi connectivity index (χ0v) is 12.8. The first-order chi connectivity index (χ1) is 8.37. The molecule has 1 aliphatic rings. The zero-order chi connectivity index (χ0) is 13.6. The SMILES string of the molecule is CC(C)NCC1CCC(COCCC(C)(C)C)O1. The summed E-state index contributed by atoms with van der Waals surface area (Å²) in [5.74, 6) is 0. The van der Waals surface area contributed by atoms with Crippen molar-refractivity contribution in [1.82, 2.24) is 5.32 Å². The molecule has 1 saturated heterocycles. The van der Waals surface area contributed by atoms with Gasteiger partial charge in [0, 0.05) is 19.2 Å². The molecule has 1 N–H and O–H groups in total. The van der Waals surface area contributed by atoms with Crippen LogP contribution in [0.3, 0.4) is 0 Å². The van der Waals surface area contributed by atoms with Gasteiger partial charge < -0.3 is 14.8 Å². The van der Waals surface area contributed by atoms with Gasteiger partial charge in [-0.3, -0.25) is 0 Å². The molecule has 0 radical (unpaired) electrons. The van der Waals surface area contributed by atoms with Crippen LogP contribution < -0.4 is 5.32 Å². The monoisotopic (exact) mass is 257 g/mol. The van der Waals surface area contributed by atoms with E-state index >= 15 is 0 Å². The maximum atomic E-state index is 5.96. The van der Waals surface area contributed by atoms with Crippen molar-refractivity contribution >= 4 is 0 Å². The van der Waals surface area contributed by atoms with Gasteiger partial charge in [-0.2, -0.15) is 0 Å². The minimum atomic E-state index is 0.309. The minimum Gasteiger partial charge on any atom is -0.379 e. The molecular formula is C15H31NO2. The molecule has 0 spiro atoms. The summed E-state index contributed by atoms with van der Waals surface area (Å²) >= 11 is 0. The molecule has 2 atom stereocenters. The molecule has 1 heterocycles. The molecule has 2 unspecified atom stereocenters. The number of hydrogen-bond acceptors (Lipinski definition) is 3. The molecule has 0 aromatic rings. The molecule has 1 fully saturated rings. The third-order valence-corrected chi connectivity index (χ3v) is 3.25. The standard InChI is InChI=1S/C15H31NO2/c1-12(2)16-10-13-6-7-14(18-13)11-17-9-8-15(3,4)5/h12-14,16H,6-11H2,1-5H3. The van der Waals surface area contributed by atoms with Gasteiger partial charge in [0.25, 0.3) is 0 Å². The van der Waals surface area contributed by atoms with E-state index in [2.05, 4.69) is 39.9 Å². The largest absolute Gasteiger partial charge is 0.379 e. The Morgan fingerprint density at radius 3 is 2.50 bits per heavy atom. The molecule has 3 heteroatoms. The molecule has 1 rings (SSSR count). The molecule has 0 aromatic carbocycles. The Bertz CT molecular complexity index is 223. The Hall–Kier alpha value is -0.120. The Labute approximate surface area is 113 Å². The lowest BCUT2D eigenvalue weighted by Gasteiger charge is -2.19. The fraction of sp³-hybridized carbons (Fsp3) is 1.00. The summed E-state index contributed by atoms with van der Waals surface area (Å²) in [6.07, 6.45) is 4.10.